The van der Waals surface area contributed by atoms with Gasteiger partial charge in [0.05, 0.1) is 37.4 Å². The van der Waals surface area contributed by atoms with Gasteiger partial charge in [-0.3, -0.25) is 9.59 Å². The van der Waals surface area contributed by atoms with Crippen molar-refractivity contribution in [3.05, 3.63) is 84.4 Å². The lowest BCUT2D eigenvalue weighted by atomic mass is 9.43. The molecule has 13 atom stereocenters. The van der Waals surface area contributed by atoms with Crippen molar-refractivity contribution in [3.63, 3.8) is 0 Å². The van der Waals surface area contributed by atoms with Gasteiger partial charge in [-0.15, -0.1) is 6.58 Å². The number of nitrogens with zero attached hydrogens (tertiary/aromatic N) is 1. The lowest BCUT2D eigenvalue weighted by molar-refractivity contribution is -0.956. The number of aliphatic hydroxyl groups excluding tert-OH is 2. The minimum absolute atomic E-state index is 0.0138. The number of benzene rings is 2. The van der Waals surface area contributed by atoms with Crippen LogP contribution in [-0.4, -0.2) is 107 Å². The molecule has 0 radical (unpaired) electrons. The third-order valence-corrected chi connectivity index (χ3v) is 20.0. The van der Waals surface area contributed by atoms with Gasteiger partial charge >= 0.3 is 24.0 Å². The molecule has 13 nitrogen and oxygen atoms in total. The smallest absolute Gasteiger partial charge is 0.407 e. The number of allylic oxidation sites excluding steroid dienone is 1. The van der Waals surface area contributed by atoms with Gasteiger partial charge in [0.25, 0.3) is 0 Å². The Kier molecular flexibility index (Phi) is 15.9. The number of amides is 1. The van der Waals surface area contributed by atoms with Crippen molar-refractivity contribution in [1.82, 2.24) is 5.32 Å². The Labute approximate surface area is 434 Å². The molecule has 2 aromatic carbocycles. The summed E-state index contributed by atoms with van der Waals surface area (Å²) in [7, 11) is 0. The molecule has 7 fully saturated rings. The van der Waals surface area contributed by atoms with Crippen LogP contribution in [0.25, 0.3) is 0 Å². The summed E-state index contributed by atoms with van der Waals surface area (Å²) in [6.07, 6.45) is 12.9. The third-order valence-electron chi connectivity index (χ3n) is 20.0. The normalized spacial score (nSPS) is 34.6. The molecule has 3 saturated heterocycles. The summed E-state index contributed by atoms with van der Waals surface area (Å²) < 4.78 is 31.4. The van der Waals surface area contributed by atoms with E-state index in [0.29, 0.717) is 68.2 Å². The highest BCUT2D eigenvalue weighted by molar-refractivity contribution is 5.86. The first kappa shape index (κ1) is 53.5. The van der Waals surface area contributed by atoms with Crippen LogP contribution in [0.2, 0.25) is 0 Å². The van der Waals surface area contributed by atoms with Crippen molar-refractivity contribution in [3.8, 4) is 0 Å². The van der Waals surface area contributed by atoms with E-state index in [9.17, 15) is 29.4 Å². The Balaban J connectivity index is 0.747. The Morgan fingerprint density at radius 1 is 0.795 bits per heavy atom. The zero-order valence-electron chi connectivity index (χ0n) is 44.4. The molecule has 1 amide bonds. The van der Waals surface area contributed by atoms with Gasteiger partial charge < -0.3 is 43.7 Å². The van der Waals surface area contributed by atoms with Gasteiger partial charge in [-0.2, -0.15) is 0 Å². The quantitative estimate of drug-likeness (QED) is 0.0345. The number of aliphatic hydroxyl groups is 2. The van der Waals surface area contributed by atoms with E-state index < -0.39 is 53.6 Å². The van der Waals surface area contributed by atoms with Gasteiger partial charge in [0.15, 0.2) is 6.79 Å². The summed E-state index contributed by atoms with van der Waals surface area (Å²) in [6, 6.07) is 19.6. The molecular weight excluding hydrogens is 925 g/mol. The largest absolute Gasteiger partial charge is 0.460 e. The van der Waals surface area contributed by atoms with Gasteiger partial charge in [-0.05, 0) is 131 Å². The van der Waals surface area contributed by atoms with Crippen LogP contribution < -0.4 is 5.32 Å². The fourth-order valence-electron chi connectivity index (χ4n) is 16.5. The highest BCUT2D eigenvalue weighted by atomic mass is 16.7. The predicted octanol–water partition coefficient (Wildman–Crippen LogP) is 9.69. The maximum absolute atomic E-state index is 14.7. The summed E-state index contributed by atoms with van der Waals surface area (Å²) >= 11 is 0. The van der Waals surface area contributed by atoms with Crippen LogP contribution in [0.1, 0.15) is 155 Å². The Morgan fingerprint density at radius 3 is 2.08 bits per heavy atom. The summed E-state index contributed by atoms with van der Waals surface area (Å²) in [6.45, 7) is 16.5. The van der Waals surface area contributed by atoms with Gasteiger partial charge in [0, 0.05) is 63.3 Å². The van der Waals surface area contributed by atoms with Crippen LogP contribution in [0.4, 0.5) is 4.79 Å². The highest BCUT2D eigenvalue weighted by Crippen LogP contribution is 2.68. The van der Waals surface area contributed by atoms with E-state index in [4.69, 9.17) is 23.7 Å². The van der Waals surface area contributed by atoms with Crippen molar-refractivity contribution in [2.45, 2.75) is 191 Å². The zero-order chi connectivity index (χ0) is 51.8. The average Bonchev–Trinajstić information content (AvgIpc) is 4.03. The Morgan fingerprint density at radius 2 is 1.45 bits per heavy atom. The topological polar surface area (TPSA) is 167 Å². The van der Waals surface area contributed by atoms with Crippen LogP contribution in [-0.2, 0) is 43.7 Å². The van der Waals surface area contributed by atoms with Crippen molar-refractivity contribution < 1.29 is 57.6 Å². The lowest BCUT2D eigenvalue weighted by Crippen LogP contribution is -2.62. The van der Waals surface area contributed by atoms with Gasteiger partial charge in [0.1, 0.15) is 17.8 Å². The van der Waals surface area contributed by atoms with Crippen LogP contribution >= 0.6 is 0 Å². The molecule has 2 aromatic rings. The number of fused-ring (bicyclic) bond motifs is 5. The second kappa shape index (κ2) is 21.7. The number of carbonyl (C=O) groups excluding carboxylic acids is 4. The highest BCUT2D eigenvalue weighted by Gasteiger charge is 2.66. The molecule has 4 saturated carbocycles. The number of esters is 3. The van der Waals surface area contributed by atoms with Crippen molar-refractivity contribution in [1.29, 1.82) is 0 Å². The molecule has 73 heavy (non-hydrogen) atoms. The molecule has 1 spiro atoms. The number of alkyl carbamates (subject to hydrolysis) is 1. The van der Waals surface area contributed by atoms with E-state index in [-0.39, 0.29) is 72.1 Å². The van der Waals surface area contributed by atoms with E-state index >= 15 is 0 Å². The molecule has 0 aromatic heterocycles. The number of carbonyl (C=O) groups is 4. The SMILES string of the molecule is C=C[C@H](CCC(=O)OC(C)(C)C)C1CCC2C3C(C[C@H](O)[C@@]21C)[C@@]1(C)CC[C@@H](OC(=O)NCCCC(=O)OCOC(C(=O)OC2CC4CCC(C2)[N+]42CCCC2)(c2ccccc2)c2ccccc2)CC1C[C@H]3O. The van der Waals surface area contributed by atoms with Crippen molar-refractivity contribution in [2.24, 2.45) is 46.3 Å². The Hall–Kier alpha value is -4.30. The molecule has 4 aliphatic carbocycles. The molecule has 7 aliphatic rings. The summed E-state index contributed by atoms with van der Waals surface area (Å²) in [5, 5.41) is 27.0. The number of nitrogens with one attached hydrogen (secondary N) is 1. The second-order valence-electron chi connectivity index (χ2n) is 24.8. The number of quaternary nitrogens is 1. The fourth-order valence-corrected chi connectivity index (χ4v) is 16.5. The van der Waals surface area contributed by atoms with Crippen LogP contribution in [0.5, 0.6) is 0 Å². The van der Waals surface area contributed by atoms with Crippen molar-refractivity contribution >= 4 is 24.0 Å². The summed E-state index contributed by atoms with van der Waals surface area (Å²) in [4.78, 5) is 53.7. The van der Waals surface area contributed by atoms with Crippen LogP contribution in [0.3, 0.4) is 0 Å². The summed E-state index contributed by atoms with van der Waals surface area (Å²) in [5.74, 6) is -0.566. The van der Waals surface area contributed by atoms with Gasteiger partial charge in [0.2, 0.25) is 5.60 Å². The number of hydrogen-bond donors (Lipinski definition) is 3. The van der Waals surface area contributed by atoms with Gasteiger partial charge in [-0.1, -0.05) is 80.6 Å². The van der Waals surface area contributed by atoms with Gasteiger partial charge in [-0.25, -0.2) is 9.59 Å². The van der Waals surface area contributed by atoms with Crippen LogP contribution in [0.15, 0.2) is 73.3 Å². The molecule has 2 bridgehead atoms. The molecule has 400 valence electrons. The fraction of sp³-hybridized carbons (Fsp3) is 0.700. The molecule has 3 heterocycles. The second-order valence-corrected chi connectivity index (χ2v) is 24.8. The zero-order valence-corrected chi connectivity index (χ0v) is 44.4. The standard InChI is InChI=1S/C60H84N2O11/c1-7-39(22-27-53(66)73-57(2,3)4)47-25-26-48-54-49(37-51(64)59(47,48)6)58(5)29-28-45(33-42(58)34-50(54)63)72-56(68)61-30-16-21-52(65)69-38-70-60(40-17-10-8-11-18-40,41-19-12-9-13-20-41)55(67)71-46-35-43-23-24-44(36-46)62(43)31-14-15-32-62/h7-13,17-20,39,42-51,54,63-64H,1,14-16,21-38H2,2-6H3/p+1/t39-,42?,43?,44?,45-,46?,47?,48?,49?,50-,51+,54?,58+,59-/m1/s1. The van der Waals surface area contributed by atoms with E-state index in [1.165, 1.54) is 43.3 Å². The maximum atomic E-state index is 14.7. The number of piperidine rings is 1. The number of rotatable bonds is 17. The number of ether oxygens (including phenoxy) is 5. The first-order valence-corrected chi connectivity index (χ1v) is 28.0. The third kappa shape index (κ3) is 10.5. The summed E-state index contributed by atoms with van der Waals surface area (Å²) in [5.41, 5.74) is -1.56. The first-order chi connectivity index (χ1) is 34.9. The van der Waals surface area contributed by atoms with Crippen molar-refractivity contribution in [2.75, 3.05) is 26.4 Å². The average molecular weight is 1010 g/mol. The molecule has 7 unspecified atom stereocenters. The molecule has 3 N–H and O–H groups in total. The minimum Gasteiger partial charge on any atom is -0.460 e. The molecule has 3 aliphatic heterocycles. The molecular formula is C60H85N2O11+. The Bertz CT molecular complexity index is 2210. The van der Waals surface area contributed by atoms with E-state index in [1.54, 1.807) is 0 Å². The predicted molar refractivity (Wildman–Crippen MR) is 275 cm³/mol. The minimum atomic E-state index is -1.67. The molecule has 9 rings (SSSR count). The monoisotopic (exact) mass is 1010 g/mol. The van der Waals surface area contributed by atoms with E-state index in [2.05, 4.69) is 25.7 Å². The lowest BCUT2D eigenvalue weighted by Gasteiger charge is -2.63. The van der Waals surface area contributed by atoms with E-state index in [0.717, 1.165) is 32.1 Å². The van der Waals surface area contributed by atoms with Crippen LogP contribution in [0, 0.1) is 46.3 Å². The van der Waals surface area contributed by atoms with E-state index in [1.807, 2.05) is 87.5 Å². The molecule has 13 heteroatoms. The first-order valence-electron chi connectivity index (χ1n) is 28.0. The number of hydrogen-bond acceptors (Lipinski definition) is 11. The maximum Gasteiger partial charge on any atom is 0.407 e.